The Morgan fingerprint density at radius 3 is 2.68 bits per heavy atom. The Kier molecular flexibility index (Phi) is 4.68. The van der Waals surface area contributed by atoms with Gasteiger partial charge in [0, 0.05) is 5.56 Å². The fraction of sp³-hybridized carbons (Fsp3) is 0.0769. The highest BCUT2D eigenvalue weighted by Gasteiger charge is 2.17. The van der Waals surface area contributed by atoms with Crippen molar-refractivity contribution in [2.45, 2.75) is 6.61 Å². The summed E-state index contributed by atoms with van der Waals surface area (Å²) in [6.07, 6.45) is 3.01. The van der Waals surface area contributed by atoms with E-state index < -0.39 is 5.97 Å². The van der Waals surface area contributed by atoms with E-state index in [-0.39, 0.29) is 6.61 Å². The third kappa shape index (κ3) is 3.27. The van der Waals surface area contributed by atoms with E-state index in [2.05, 4.69) is 14.6 Å². The second-order valence-electron chi connectivity index (χ2n) is 4.09. The van der Waals surface area contributed by atoms with Crippen LogP contribution in [0.15, 0.2) is 30.6 Å². The lowest BCUT2D eigenvalue weighted by Gasteiger charge is -2.02. The molecule has 9 heteroatoms. The fourth-order valence-electron chi connectivity index (χ4n) is 1.65. The van der Waals surface area contributed by atoms with Crippen LogP contribution in [-0.2, 0) is 11.3 Å². The van der Waals surface area contributed by atoms with E-state index in [1.807, 2.05) is 0 Å². The van der Waals surface area contributed by atoms with Gasteiger partial charge in [0.05, 0.1) is 27.3 Å². The second-order valence-corrected chi connectivity index (χ2v) is 6.80. The number of thiazole rings is 1. The molecule has 0 aliphatic heterocycles. The van der Waals surface area contributed by atoms with Crippen molar-refractivity contribution in [3.8, 4) is 10.6 Å². The minimum Gasteiger partial charge on any atom is -0.456 e. The number of rotatable bonds is 4. The van der Waals surface area contributed by atoms with E-state index in [1.165, 1.54) is 29.1 Å². The summed E-state index contributed by atoms with van der Waals surface area (Å²) in [7, 11) is 0. The predicted molar refractivity (Wildman–Crippen MR) is 86.6 cm³/mol. The van der Waals surface area contributed by atoms with Gasteiger partial charge in [0.2, 0.25) is 0 Å². The van der Waals surface area contributed by atoms with E-state index in [0.717, 1.165) is 4.88 Å². The average molecular weight is 372 g/mol. The van der Waals surface area contributed by atoms with Crippen LogP contribution >= 0.6 is 46.1 Å². The van der Waals surface area contributed by atoms with Gasteiger partial charge in [-0.15, -0.1) is 16.4 Å². The molecule has 1 aromatic carbocycles. The maximum absolute atomic E-state index is 12.0. The van der Waals surface area contributed by atoms with Crippen molar-refractivity contribution >= 4 is 52.0 Å². The number of esters is 1. The molecule has 0 saturated carbocycles. The molecule has 0 amide bonds. The number of aromatic nitrogens is 3. The maximum Gasteiger partial charge on any atom is 0.350 e. The van der Waals surface area contributed by atoms with Crippen molar-refractivity contribution in [1.29, 1.82) is 0 Å². The fourth-order valence-corrected chi connectivity index (χ4v) is 3.62. The first-order valence-corrected chi connectivity index (χ1v) is 8.33. The molecule has 2 aromatic heterocycles. The smallest absolute Gasteiger partial charge is 0.350 e. The maximum atomic E-state index is 12.0. The van der Waals surface area contributed by atoms with Gasteiger partial charge in [-0.25, -0.2) is 9.78 Å². The number of halogens is 2. The third-order valence-electron chi connectivity index (χ3n) is 2.64. The molecule has 0 radical (unpaired) electrons. The Morgan fingerprint density at radius 1 is 1.23 bits per heavy atom. The van der Waals surface area contributed by atoms with E-state index in [9.17, 15) is 4.79 Å². The van der Waals surface area contributed by atoms with Crippen LogP contribution in [0.3, 0.4) is 0 Å². The standard InChI is InChI=1S/C13H7Cl2N3O2S2/c14-8-2-1-3-9(15)11(8)12-16-5-10(21-12)13(19)20-6-7-4-17-18-22-7/h1-5H,6H2. The summed E-state index contributed by atoms with van der Waals surface area (Å²) in [5.41, 5.74) is 0.613. The van der Waals surface area contributed by atoms with Gasteiger partial charge in [0.25, 0.3) is 0 Å². The van der Waals surface area contributed by atoms with Gasteiger partial charge in [-0.05, 0) is 23.7 Å². The van der Waals surface area contributed by atoms with E-state index in [0.29, 0.717) is 25.5 Å². The normalized spacial score (nSPS) is 10.6. The van der Waals surface area contributed by atoms with Crippen LogP contribution in [0.4, 0.5) is 0 Å². The summed E-state index contributed by atoms with van der Waals surface area (Å²) in [6.45, 7) is 0.135. The molecule has 22 heavy (non-hydrogen) atoms. The monoisotopic (exact) mass is 371 g/mol. The predicted octanol–water partition coefficient (Wildman–Crippen LogP) is 4.33. The number of benzene rings is 1. The number of hydrogen-bond donors (Lipinski definition) is 0. The molecule has 2 heterocycles. The van der Waals surface area contributed by atoms with Crippen LogP contribution in [0, 0.1) is 0 Å². The quantitative estimate of drug-likeness (QED) is 0.638. The summed E-state index contributed by atoms with van der Waals surface area (Å²) >= 11 is 14.6. The Hall–Kier alpha value is -1.54. The number of hydrogen-bond acceptors (Lipinski definition) is 7. The first-order chi connectivity index (χ1) is 10.6. The Balaban J connectivity index is 1.77. The molecule has 0 aliphatic rings. The summed E-state index contributed by atoms with van der Waals surface area (Å²) in [5.74, 6) is -0.458. The molecule has 5 nitrogen and oxygen atoms in total. The lowest BCUT2D eigenvalue weighted by atomic mass is 10.2. The SMILES string of the molecule is O=C(OCc1cnns1)c1cnc(-c2c(Cl)cccc2Cl)s1. The molecular formula is C13H7Cl2N3O2S2. The first-order valence-electron chi connectivity index (χ1n) is 5.98. The van der Waals surface area contributed by atoms with Gasteiger partial charge < -0.3 is 4.74 Å². The zero-order valence-electron chi connectivity index (χ0n) is 10.8. The highest BCUT2D eigenvalue weighted by Crippen LogP contribution is 2.36. The van der Waals surface area contributed by atoms with Crippen LogP contribution in [0.25, 0.3) is 10.6 Å². The molecule has 0 unspecified atom stereocenters. The summed E-state index contributed by atoms with van der Waals surface area (Å²) in [5, 5.41) is 5.21. The molecule has 0 bridgehead atoms. The van der Waals surface area contributed by atoms with Crippen LogP contribution in [-0.4, -0.2) is 20.5 Å². The molecule has 0 aliphatic carbocycles. The van der Waals surface area contributed by atoms with Gasteiger partial charge in [0.1, 0.15) is 16.5 Å². The van der Waals surface area contributed by atoms with Crippen LogP contribution in [0.1, 0.15) is 14.5 Å². The van der Waals surface area contributed by atoms with Crippen LogP contribution in [0.2, 0.25) is 10.0 Å². The van der Waals surface area contributed by atoms with Crippen molar-refractivity contribution < 1.29 is 9.53 Å². The van der Waals surface area contributed by atoms with Crippen molar-refractivity contribution in [2.24, 2.45) is 0 Å². The van der Waals surface area contributed by atoms with Gasteiger partial charge in [-0.1, -0.05) is 33.8 Å². The Morgan fingerprint density at radius 2 is 2.00 bits per heavy atom. The molecule has 0 saturated heterocycles. The van der Waals surface area contributed by atoms with Crippen LogP contribution in [0.5, 0.6) is 0 Å². The van der Waals surface area contributed by atoms with Gasteiger partial charge >= 0.3 is 5.97 Å². The van der Waals surface area contributed by atoms with E-state index in [4.69, 9.17) is 27.9 Å². The summed E-state index contributed by atoms with van der Waals surface area (Å²) in [6, 6.07) is 5.19. The van der Waals surface area contributed by atoms with E-state index in [1.54, 1.807) is 24.4 Å². The summed E-state index contributed by atoms with van der Waals surface area (Å²) < 4.78 is 8.88. The zero-order valence-corrected chi connectivity index (χ0v) is 14.0. The lowest BCUT2D eigenvalue weighted by molar-refractivity contribution is 0.0482. The van der Waals surface area contributed by atoms with Crippen molar-refractivity contribution in [3.05, 3.63) is 50.4 Å². The Labute approximate surface area is 143 Å². The highest BCUT2D eigenvalue weighted by atomic mass is 35.5. The Bertz CT molecular complexity index is 785. The second kappa shape index (κ2) is 6.70. The third-order valence-corrected chi connectivity index (χ3v) is 4.89. The molecule has 3 rings (SSSR count). The minimum absolute atomic E-state index is 0.135. The number of ether oxygens (including phenoxy) is 1. The molecule has 112 valence electrons. The molecule has 0 N–H and O–H groups in total. The van der Waals surface area contributed by atoms with Crippen LogP contribution < -0.4 is 0 Å². The average Bonchev–Trinajstić information content (AvgIpc) is 3.16. The van der Waals surface area contributed by atoms with E-state index >= 15 is 0 Å². The summed E-state index contributed by atoms with van der Waals surface area (Å²) in [4.78, 5) is 17.4. The number of carbonyl (C=O) groups is 1. The molecule has 0 spiro atoms. The largest absolute Gasteiger partial charge is 0.456 e. The first kappa shape index (κ1) is 15.4. The number of carbonyl (C=O) groups excluding carboxylic acids is 1. The topological polar surface area (TPSA) is 65.0 Å². The molecule has 0 atom stereocenters. The minimum atomic E-state index is -0.458. The van der Waals surface area contributed by atoms with Crippen molar-refractivity contribution in [1.82, 2.24) is 14.6 Å². The lowest BCUT2D eigenvalue weighted by Crippen LogP contribution is -2.02. The number of nitrogens with zero attached hydrogens (tertiary/aromatic N) is 3. The van der Waals surface area contributed by atoms with Crippen molar-refractivity contribution in [2.75, 3.05) is 0 Å². The molecule has 0 fully saturated rings. The van der Waals surface area contributed by atoms with Gasteiger partial charge in [0.15, 0.2) is 0 Å². The van der Waals surface area contributed by atoms with Gasteiger partial charge in [-0.3, -0.25) is 0 Å². The molecular weight excluding hydrogens is 365 g/mol. The molecule has 3 aromatic rings. The van der Waals surface area contributed by atoms with Crippen molar-refractivity contribution in [3.63, 3.8) is 0 Å². The van der Waals surface area contributed by atoms with Gasteiger partial charge in [-0.2, -0.15) is 0 Å². The zero-order chi connectivity index (χ0) is 15.5. The highest BCUT2D eigenvalue weighted by molar-refractivity contribution is 7.17.